The Kier molecular flexibility index (Phi) is 5.72. The standard InChI is InChI=1S/C17H28N2O/c1-4-6-10-19(5-2)11-9-15-7-8-17-16(12-15)18-13-14(3)20-17/h7-8,12,14,18H,4-6,9-11,13H2,1-3H3. The van der Waals surface area contributed by atoms with Crippen LogP contribution in [0.15, 0.2) is 18.2 Å². The van der Waals surface area contributed by atoms with Gasteiger partial charge < -0.3 is 15.0 Å². The molecule has 0 aromatic heterocycles. The van der Waals surface area contributed by atoms with Crippen LogP contribution in [0.1, 0.15) is 39.2 Å². The van der Waals surface area contributed by atoms with Crippen LogP contribution in [0.3, 0.4) is 0 Å². The fraction of sp³-hybridized carbons (Fsp3) is 0.647. The lowest BCUT2D eigenvalue weighted by Crippen LogP contribution is -2.28. The van der Waals surface area contributed by atoms with Crippen molar-refractivity contribution in [1.82, 2.24) is 4.90 Å². The molecule has 1 N–H and O–H groups in total. The number of unbranched alkanes of at least 4 members (excludes halogenated alkanes) is 1. The minimum Gasteiger partial charge on any atom is -0.487 e. The molecule has 3 heteroatoms. The minimum absolute atomic E-state index is 0.262. The Morgan fingerprint density at radius 2 is 2.15 bits per heavy atom. The van der Waals surface area contributed by atoms with Crippen molar-refractivity contribution in [1.29, 1.82) is 0 Å². The zero-order valence-electron chi connectivity index (χ0n) is 13.1. The van der Waals surface area contributed by atoms with E-state index >= 15 is 0 Å². The maximum absolute atomic E-state index is 5.81. The molecule has 0 saturated carbocycles. The average molecular weight is 276 g/mol. The first kappa shape index (κ1) is 15.2. The minimum atomic E-state index is 0.262. The average Bonchev–Trinajstić information content (AvgIpc) is 2.47. The number of rotatable bonds is 7. The van der Waals surface area contributed by atoms with Crippen molar-refractivity contribution in [3.8, 4) is 5.75 Å². The Morgan fingerprint density at radius 3 is 2.90 bits per heavy atom. The van der Waals surface area contributed by atoms with Crippen LogP contribution >= 0.6 is 0 Å². The van der Waals surface area contributed by atoms with E-state index in [4.69, 9.17) is 4.74 Å². The molecule has 1 unspecified atom stereocenters. The number of benzene rings is 1. The van der Waals surface area contributed by atoms with Gasteiger partial charge in [-0.1, -0.05) is 26.3 Å². The molecular weight excluding hydrogens is 248 g/mol. The molecule has 1 aromatic carbocycles. The van der Waals surface area contributed by atoms with Crippen LogP contribution in [0.25, 0.3) is 0 Å². The molecule has 0 saturated heterocycles. The molecule has 1 aliphatic rings. The Balaban J connectivity index is 1.90. The van der Waals surface area contributed by atoms with Gasteiger partial charge in [-0.3, -0.25) is 0 Å². The van der Waals surface area contributed by atoms with Crippen LogP contribution in [0.2, 0.25) is 0 Å². The third kappa shape index (κ3) is 4.14. The van der Waals surface area contributed by atoms with Crippen molar-refractivity contribution in [2.24, 2.45) is 0 Å². The maximum Gasteiger partial charge on any atom is 0.142 e. The van der Waals surface area contributed by atoms with Gasteiger partial charge in [0.05, 0.1) is 12.2 Å². The van der Waals surface area contributed by atoms with Crippen LogP contribution < -0.4 is 10.1 Å². The van der Waals surface area contributed by atoms with E-state index in [0.29, 0.717) is 0 Å². The van der Waals surface area contributed by atoms with Gasteiger partial charge in [-0.25, -0.2) is 0 Å². The summed E-state index contributed by atoms with van der Waals surface area (Å²) in [7, 11) is 0. The van der Waals surface area contributed by atoms with Gasteiger partial charge in [0, 0.05) is 6.54 Å². The van der Waals surface area contributed by atoms with Crippen LogP contribution in [0.4, 0.5) is 5.69 Å². The van der Waals surface area contributed by atoms with Gasteiger partial charge in [0.1, 0.15) is 11.9 Å². The molecule has 1 aromatic rings. The van der Waals surface area contributed by atoms with E-state index in [0.717, 1.165) is 37.5 Å². The normalized spacial score (nSPS) is 17.5. The summed E-state index contributed by atoms with van der Waals surface area (Å²) in [5.41, 5.74) is 2.54. The molecule has 1 aliphatic heterocycles. The molecule has 0 fully saturated rings. The second kappa shape index (κ2) is 7.53. The van der Waals surface area contributed by atoms with E-state index < -0.39 is 0 Å². The number of hydrogen-bond acceptors (Lipinski definition) is 3. The lowest BCUT2D eigenvalue weighted by Gasteiger charge is -2.25. The van der Waals surface area contributed by atoms with Crippen LogP contribution in [-0.2, 0) is 6.42 Å². The Bertz CT molecular complexity index is 419. The predicted octanol–water partition coefficient (Wildman–Crippen LogP) is 3.54. The number of hydrogen-bond donors (Lipinski definition) is 1. The quantitative estimate of drug-likeness (QED) is 0.824. The molecule has 2 rings (SSSR count). The van der Waals surface area contributed by atoms with Gasteiger partial charge in [0.15, 0.2) is 0 Å². The summed E-state index contributed by atoms with van der Waals surface area (Å²) < 4.78 is 5.81. The van der Waals surface area contributed by atoms with Crippen molar-refractivity contribution < 1.29 is 4.74 Å². The second-order valence-corrected chi connectivity index (χ2v) is 5.68. The van der Waals surface area contributed by atoms with Crippen LogP contribution in [0.5, 0.6) is 5.75 Å². The molecule has 20 heavy (non-hydrogen) atoms. The summed E-state index contributed by atoms with van der Waals surface area (Å²) in [6.45, 7) is 11.0. The number of fused-ring (bicyclic) bond motifs is 1. The number of nitrogens with zero attached hydrogens (tertiary/aromatic N) is 1. The third-order valence-corrected chi connectivity index (χ3v) is 3.94. The van der Waals surface area contributed by atoms with Gasteiger partial charge in [-0.05, 0) is 50.6 Å². The molecule has 0 radical (unpaired) electrons. The van der Waals surface area contributed by atoms with Crippen molar-refractivity contribution in [3.05, 3.63) is 23.8 Å². The summed E-state index contributed by atoms with van der Waals surface area (Å²) in [6, 6.07) is 6.55. The highest BCUT2D eigenvalue weighted by atomic mass is 16.5. The summed E-state index contributed by atoms with van der Waals surface area (Å²) in [4.78, 5) is 2.54. The summed E-state index contributed by atoms with van der Waals surface area (Å²) in [5.74, 6) is 0.992. The highest BCUT2D eigenvalue weighted by Gasteiger charge is 2.15. The highest BCUT2D eigenvalue weighted by Crippen LogP contribution is 2.30. The van der Waals surface area contributed by atoms with Crippen molar-refractivity contribution in [3.63, 3.8) is 0 Å². The number of anilines is 1. The van der Waals surface area contributed by atoms with Crippen molar-refractivity contribution in [2.45, 2.75) is 46.1 Å². The fourth-order valence-electron chi connectivity index (χ4n) is 2.58. The molecule has 1 atom stereocenters. The van der Waals surface area contributed by atoms with E-state index in [9.17, 15) is 0 Å². The van der Waals surface area contributed by atoms with Crippen molar-refractivity contribution in [2.75, 3.05) is 31.5 Å². The zero-order chi connectivity index (χ0) is 14.4. The molecule has 0 bridgehead atoms. The Hall–Kier alpha value is -1.22. The first-order valence-corrected chi connectivity index (χ1v) is 7.98. The smallest absolute Gasteiger partial charge is 0.142 e. The molecule has 1 heterocycles. The SMILES string of the molecule is CCCCN(CC)CCc1ccc2c(c1)NCC(C)O2. The van der Waals surface area contributed by atoms with E-state index in [-0.39, 0.29) is 6.10 Å². The maximum atomic E-state index is 5.81. The molecule has 112 valence electrons. The van der Waals surface area contributed by atoms with Gasteiger partial charge >= 0.3 is 0 Å². The topological polar surface area (TPSA) is 24.5 Å². The molecule has 0 aliphatic carbocycles. The van der Waals surface area contributed by atoms with E-state index in [1.54, 1.807) is 0 Å². The first-order chi connectivity index (χ1) is 9.72. The molecule has 0 amide bonds. The lowest BCUT2D eigenvalue weighted by molar-refractivity contribution is 0.226. The van der Waals surface area contributed by atoms with Crippen LogP contribution in [0, 0.1) is 0 Å². The van der Waals surface area contributed by atoms with E-state index in [1.165, 1.54) is 24.9 Å². The summed E-state index contributed by atoms with van der Waals surface area (Å²) in [6.07, 6.45) is 3.94. The number of ether oxygens (including phenoxy) is 1. The number of nitrogens with one attached hydrogen (secondary N) is 1. The van der Waals surface area contributed by atoms with Gasteiger partial charge in [0.25, 0.3) is 0 Å². The van der Waals surface area contributed by atoms with E-state index in [2.05, 4.69) is 49.2 Å². The predicted molar refractivity (Wildman–Crippen MR) is 85.7 cm³/mol. The molecular formula is C17H28N2O. The summed E-state index contributed by atoms with van der Waals surface area (Å²) in [5, 5.41) is 3.45. The molecule has 0 spiro atoms. The first-order valence-electron chi connectivity index (χ1n) is 7.98. The third-order valence-electron chi connectivity index (χ3n) is 3.94. The zero-order valence-corrected chi connectivity index (χ0v) is 13.1. The fourth-order valence-corrected chi connectivity index (χ4v) is 2.58. The lowest BCUT2D eigenvalue weighted by atomic mass is 10.1. The van der Waals surface area contributed by atoms with Crippen LogP contribution in [-0.4, -0.2) is 37.2 Å². The van der Waals surface area contributed by atoms with Gasteiger partial charge in [-0.15, -0.1) is 0 Å². The monoisotopic (exact) mass is 276 g/mol. The van der Waals surface area contributed by atoms with E-state index in [1.807, 2.05) is 0 Å². The Labute approximate surface area is 123 Å². The van der Waals surface area contributed by atoms with Gasteiger partial charge in [0.2, 0.25) is 0 Å². The summed E-state index contributed by atoms with van der Waals surface area (Å²) >= 11 is 0. The van der Waals surface area contributed by atoms with Gasteiger partial charge in [-0.2, -0.15) is 0 Å². The Morgan fingerprint density at radius 1 is 1.30 bits per heavy atom. The molecule has 3 nitrogen and oxygen atoms in total. The largest absolute Gasteiger partial charge is 0.487 e. The number of likely N-dealkylation sites (N-methyl/N-ethyl adjacent to an activating group) is 1. The second-order valence-electron chi connectivity index (χ2n) is 5.68. The highest BCUT2D eigenvalue weighted by molar-refractivity contribution is 5.59. The van der Waals surface area contributed by atoms with Crippen molar-refractivity contribution >= 4 is 5.69 Å².